The molecule has 0 aromatic carbocycles. The van der Waals surface area contributed by atoms with Gasteiger partial charge < -0.3 is 10.2 Å². The van der Waals surface area contributed by atoms with Crippen LogP contribution in [-0.2, 0) is 11.3 Å². The Morgan fingerprint density at radius 2 is 2.19 bits per heavy atom. The number of nitrogens with one attached hydrogen (secondary N) is 1. The maximum Gasteiger partial charge on any atom is 0.222 e. The zero-order chi connectivity index (χ0) is 14.5. The molecule has 2 heterocycles. The van der Waals surface area contributed by atoms with Crippen molar-refractivity contribution >= 4 is 45.6 Å². The maximum atomic E-state index is 12.3. The van der Waals surface area contributed by atoms with Crippen LogP contribution in [0.4, 0.5) is 0 Å². The van der Waals surface area contributed by atoms with Gasteiger partial charge in [-0.2, -0.15) is 0 Å². The van der Waals surface area contributed by atoms with Gasteiger partial charge in [-0.25, -0.2) is 0 Å². The average molecular weight is 396 g/mol. The molecule has 1 aliphatic rings. The van der Waals surface area contributed by atoms with Crippen molar-refractivity contribution in [2.24, 2.45) is 11.8 Å². The summed E-state index contributed by atoms with van der Waals surface area (Å²) in [6.07, 6.45) is 3.08. The zero-order valence-electron chi connectivity index (χ0n) is 12.6. The van der Waals surface area contributed by atoms with E-state index in [2.05, 4.69) is 39.6 Å². The Morgan fingerprint density at radius 1 is 1.52 bits per heavy atom. The molecule has 1 aliphatic heterocycles. The van der Waals surface area contributed by atoms with E-state index < -0.39 is 0 Å². The number of hydrogen-bond acceptors (Lipinski definition) is 3. The molecule has 1 saturated heterocycles. The number of amides is 1. The molecule has 0 spiro atoms. The molecule has 2 rings (SSSR count). The Labute approximate surface area is 146 Å². The smallest absolute Gasteiger partial charge is 0.222 e. The van der Waals surface area contributed by atoms with Crippen LogP contribution in [0.3, 0.4) is 0 Å². The van der Waals surface area contributed by atoms with Crippen molar-refractivity contribution in [1.29, 1.82) is 0 Å². The van der Waals surface area contributed by atoms with Crippen molar-refractivity contribution in [3.63, 3.8) is 0 Å². The third-order valence-corrected chi connectivity index (χ3v) is 5.71. The highest BCUT2D eigenvalue weighted by Crippen LogP contribution is 2.25. The minimum absolute atomic E-state index is 0. The summed E-state index contributed by atoms with van der Waals surface area (Å²) >= 11 is 5.13. The van der Waals surface area contributed by atoms with Gasteiger partial charge in [0.2, 0.25) is 5.91 Å². The van der Waals surface area contributed by atoms with Crippen molar-refractivity contribution in [2.75, 3.05) is 20.1 Å². The molecular weight excluding hydrogens is 372 g/mol. The van der Waals surface area contributed by atoms with E-state index >= 15 is 0 Å². The molecule has 0 aliphatic carbocycles. The fourth-order valence-electron chi connectivity index (χ4n) is 2.80. The van der Waals surface area contributed by atoms with Crippen LogP contribution in [0, 0.1) is 11.8 Å². The van der Waals surface area contributed by atoms with Gasteiger partial charge in [0.15, 0.2) is 0 Å². The summed E-state index contributed by atoms with van der Waals surface area (Å²) in [6, 6.07) is 2.09. The van der Waals surface area contributed by atoms with Crippen molar-refractivity contribution in [3.8, 4) is 0 Å². The first-order chi connectivity index (χ1) is 9.56. The summed E-state index contributed by atoms with van der Waals surface area (Å²) in [7, 11) is 1.91. The van der Waals surface area contributed by atoms with Crippen molar-refractivity contribution in [2.45, 2.75) is 32.7 Å². The number of rotatable bonds is 5. The quantitative estimate of drug-likeness (QED) is 0.819. The Hall–Kier alpha value is -0.100. The summed E-state index contributed by atoms with van der Waals surface area (Å²) in [4.78, 5) is 14.2. The molecule has 1 atom stereocenters. The molecule has 1 amide bonds. The number of carbonyl (C=O) groups excluding carboxylic acids is 1. The topological polar surface area (TPSA) is 32.3 Å². The summed E-state index contributed by atoms with van der Waals surface area (Å²) in [6.45, 7) is 5.13. The lowest BCUT2D eigenvalue weighted by atomic mass is 9.84. The highest BCUT2D eigenvalue weighted by Gasteiger charge is 2.23. The van der Waals surface area contributed by atoms with Gasteiger partial charge >= 0.3 is 0 Å². The first-order valence-corrected chi connectivity index (χ1v) is 8.91. The van der Waals surface area contributed by atoms with Gasteiger partial charge in [-0.05, 0) is 70.7 Å². The predicted molar refractivity (Wildman–Crippen MR) is 95.1 cm³/mol. The standard InChI is InChI=1S/C15H23BrN2OS.ClH/c1-11(13-3-5-17-6-4-13)7-15(19)18(2)9-12-8-14(16)20-10-12;/h8,10-11,13,17H,3-7,9H2,1-2H3;1H. The maximum absolute atomic E-state index is 12.3. The van der Waals surface area contributed by atoms with E-state index in [1.165, 1.54) is 18.4 Å². The Balaban J connectivity index is 0.00000220. The summed E-state index contributed by atoms with van der Waals surface area (Å²) in [5.41, 5.74) is 1.20. The number of hydrogen-bond donors (Lipinski definition) is 1. The normalized spacial score (nSPS) is 17.1. The van der Waals surface area contributed by atoms with E-state index in [0.29, 0.717) is 24.8 Å². The Kier molecular flexibility index (Phi) is 8.24. The number of thiophene rings is 1. The van der Waals surface area contributed by atoms with Crippen LogP contribution in [0.15, 0.2) is 15.2 Å². The minimum atomic E-state index is 0. The van der Waals surface area contributed by atoms with Gasteiger partial charge in [0.25, 0.3) is 0 Å². The predicted octanol–water partition coefficient (Wildman–Crippen LogP) is 3.92. The molecule has 6 heteroatoms. The minimum Gasteiger partial charge on any atom is -0.341 e. The van der Waals surface area contributed by atoms with Gasteiger partial charge in [-0.15, -0.1) is 23.7 Å². The van der Waals surface area contributed by atoms with E-state index in [1.54, 1.807) is 11.3 Å². The van der Waals surface area contributed by atoms with Crippen LogP contribution in [-0.4, -0.2) is 30.9 Å². The lowest BCUT2D eigenvalue weighted by Gasteiger charge is -2.29. The second-order valence-electron chi connectivity index (χ2n) is 5.78. The first-order valence-electron chi connectivity index (χ1n) is 7.24. The number of piperidine rings is 1. The SMILES string of the molecule is CC(CC(=O)N(C)Cc1csc(Br)c1)C1CCNCC1.Cl. The fourth-order valence-corrected chi connectivity index (χ4v) is 4.00. The molecule has 0 radical (unpaired) electrons. The van der Waals surface area contributed by atoms with Crippen molar-refractivity contribution < 1.29 is 4.79 Å². The highest BCUT2D eigenvalue weighted by molar-refractivity contribution is 9.11. The summed E-state index contributed by atoms with van der Waals surface area (Å²) < 4.78 is 1.12. The molecule has 1 aromatic heterocycles. The second-order valence-corrected chi connectivity index (χ2v) is 8.07. The monoisotopic (exact) mass is 394 g/mol. The lowest BCUT2D eigenvalue weighted by Crippen LogP contribution is -2.34. The van der Waals surface area contributed by atoms with Gasteiger partial charge in [0.1, 0.15) is 0 Å². The van der Waals surface area contributed by atoms with Crippen LogP contribution in [0.1, 0.15) is 31.7 Å². The Bertz CT molecular complexity index is 449. The molecule has 1 aromatic rings. The van der Waals surface area contributed by atoms with Crippen LogP contribution in [0.25, 0.3) is 0 Å². The van der Waals surface area contributed by atoms with Crippen molar-refractivity contribution in [3.05, 3.63) is 20.8 Å². The summed E-state index contributed by atoms with van der Waals surface area (Å²) in [5.74, 6) is 1.45. The number of halogens is 2. The van der Waals surface area contributed by atoms with Crippen LogP contribution in [0.2, 0.25) is 0 Å². The number of carbonyl (C=O) groups is 1. The lowest BCUT2D eigenvalue weighted by molar-refractivity contribution is -0.131. The van der Waals surface area contributed by atoms with E-state index in [0.717, 1.165) is 16.9 Å². The molecule has 3 nitrogen and oxygen atoms in total. The molecule has 21 heavy (non-hydrogen) atoms. The van der Waals surface area contributed by atoms with Crippen LogP contribution in [0.5, 0.6) is 0 Å². The molecule has 0 bridgehead atoms. The molecular formula is C15H24BrClN2OS. The highest BCUT2D eigenvalue weighted by atomic mass is 79.9. The summed E-state index contributed by atoms with van der Waals surface area (Å²) in [5, 5.41) is 5.48. The van der Waals surface area contributed by atoms with E-state index in [4.69, 9.17) is 0 Å². The van der Waals surface area contributed by atoms with Crippen LogP contribution >= 0.6 is 39.7 Å². The van der Waals surface area contributed by atoms with E-state index in [9.17, 15) is 4.79 Å². The fraction of sp³-hybridized carbons (Fsp3) is 0.667. The zero-order valence-corrected chi connectivity index (χ0v) is 15.8. The van der Waals surface area contributed by atoms with E-state index in [-0.39, 0.29) is 18.3 Å². The van der Waals surface area contributed by atoms with Gasteiger partial charge in [-0.1, -0.05) is 6.92 Å². The van der Waals surface area contributed by atoms with Crippen LogP contribution < -0.4 is 5.32 Å². The number of nitrogens with zero attached hydrogens (tertiary/aromatic N) is 1. The molecule has 1 fully saturated rings. The first kappa shape index (κ1) is 18.9. The average Bonchev–Trinajstić information content (AvgIpc) is 2.85. The molecule has 1 N–H and O–H groups in total. The Morgan fingerprint density at radius 3 is 2.76 bits per heavy atom. The molecule has 1 unspecified atom stereocenters. The molecule has 0 saturated carbocycles. The third-order valence-electron chi connectivity index (χ3n) is 4.15. The molecule has 120 valence electrons. The van der Waals surface area contributed by atoms with Crippen molar-refractivity contribution in [1.82, 2.24) is 10.2 Å². The second kappa shape index (κ2) is 9.13. The third kappa shape index (κ3) is 5.89. The largest absolute Gasteiger partial charge is 0.341 e. The van der Waals surface area contributed by atoms with Gasteiger partial charge in [-0.3, -0.25) is 4.79 Å². The van der Waals surface area contributed by atoms with E-state index in [1.807, 2.05) is 11.9 Å². The van der Waals surface area contributed by atoms with Gasteiger partial charge in [0, 0.05) is 20.0 Å². The van der Waals surface area contributed by atoms with Gasteiger partial charge in [0.05, 0.1) is 3.79 Å².